The summed E-state index contributed by atoms with van der Waals surface area (Å²) in [5, 5.41) is 5.45. The predicted molar refractivity (Wildman–Crippen MR) is 274 cm³/mol. The van der Waals surface area contributed by atoms with Crippen LogP contribution in [0.4, 0.5) is 9.59 Å². The molecule has 4 aromatic rings. The number of benzene rings is 2. The molecule has 2 aromatic heterocycles. The zero-order valence-electron chi connectivity index (χ0n) is 43.1. The van der Waals surface area contributed by atoms with Crippen LogP contribution in [0.15, 0.2) is 60.9 Å². The Morgan fingerprint density at radius 2 is 0.875 bits per heavy atom. The maximum absolute atomic E-state index is 14.4. The number of alkyl carbamates (subject to hydrolysis) is 2. The topological polar surface area (TPSA) is 187 Å². The molecule has 4 heterocycles. The lowest BCUT2D eigenvalue weighted by Crippen LogP contribution is -2.51. The van der Waals surface area contributed by atoms with Gasteiger partial charge in [0.25, 0.3) is 0 Å². The molecule has 0 spiro atoms. The third-order valence-electron chi connectivity index (χ3n) is 15.7. The van der Waals surface area contributed by atoms with Gasteiger partial charge in [-0.1, -0.05) is 128 Å². The van der Waals surface area contributed by atoms with Crippen LogP contribution in [-0.4, -0.2) is 104 Å². The Bertz CT molecular complexity index is 2380. The van der Waals surface area contributed by atoms with Crippen molar-refractivity contribution in [3.8, 4) is 33.6 Å². The van der Waals surface area contributed by atoms with Gasteiger partial charge in [0.05, 0.1) is 50.1 Å². The molecule has 0 bridgehead atoms. The van der Waals surface area contributed by atoms with Crippen molar-refractivity contribution in [1.82, 2.24) is 39.5 Å². The van der Waals surface area contributed by atoms with Crippen molar-refractivity contribution in [1.29, 1.82) is 0 Å². The van der Waals surface area contributed by atoms with Crippen molar-refractivity contribution < 1.29 is 38.2 Å². The van der Waals surface area contributed by atoms with Gasteiger partial charge in [0, 0.05) is 37.1 Å². The summed E-state index contributed by atoms with van der Waals surface area (Å²) < 4.78 is 13.2. The number of nitrogens with zero attached hydrogens (tertiary/aromatic N) is 6. The van der Waals surface area contributed by atoms with Gasteiger partial charge < -0.3 is 29.9 Å². The van der Waals surface area contributed by atoms with E-state index in [2.05, 4.69) is 10.6 Å². The van der Waals surface area contributed by atoms with Gasteiger partial charge in [0.1, 0.15) is 23.7 Å². The first-order valence-electron chi connectivity index (χ1n) is 26.5. The fraction of sp³-hybridized carbons (Fsp3) is 0.571. The van der Waals surface area contributed by atoms with Crippen LogP contribution < -0.4 is 10.6 Å². The number of ether oxygens (including phenoxy) is 2. The summed E-state index contributed by atoms with van der Waals surface area (Å²) in [5.41, 5.74) is 4.88. The predicted octanol–water partition coefficient (Wildman–Crippen LogP) is 10.4. The van der Waals surface area contributed by atoms with Crippen LogP contribution in [0.1, 0.15) is 164 Å². The molecule has 2 aliphatic heterocycles. The summed E-state index contributed by atoms with van der Waals surface area (Å²) in [5.74, 6) is 1.20. The summed E-state index contributed by atoms with van der Waals surface area (Å²) in [4.78, 5) is 95.0. The number of amides is 4. The van der Waals surface area contributed by atoms with Crippen LogP contribution in [0.5, 0.6) is 0 Å². The molecule has 16 heteroatoms. The Labute approximate surface area is 424 Å². The van der Waals surface area contributed by atoms with Crippen LogP contribution in [0, 0.1) is 23.7 Å². The number of methoxy groups -OCH3 is 2. The van der Waals surface area contributed by atoms with Gasteiger partial charge in [-0.3, -0.25) is 28.3 Å². The summed E-state index contributed by atoms with van der Waals surface area (Å²) >= 11 is 0. The van der Waals surface area contributed by atoms with Crippen molar-refractivity contribution in [3.05, 3.63) is 72.6 Å². The molecule has 2 saturated heterocycles. The Hall–Kier alpha value is -6.32. The second-order valence-electron chi connectivity index (χ2n) is 21.1. The summed E-state index contributed by atoms with van der Waals surface area (Å²) in [7, 11) is 2.56. The number of carbonyl (C=O) groups is 6. The third kappa shape index (κ3) is 11.5. The molecule has 0 unspecified atom stereocenters. The van der Waals surface area contributed by atoms with Crippen molar-refractivity contribution >= 4 is 35.8 Å². The first-order chi connectivity index (χ1) is 34.8. The van der Waals surface area contributed by atoms with Crippen LogP contribution in [0.3, 0.4) is 0 Å². The second-order valence-corrected chi connectivity index (χ2v) is 21.1. The highest BCUT2D eigenvalue weighted by molar-refractivity contribution is 5.89. The molecule has 4 aliphatic rings. The fourth-order valence-electron chi connectivity index (χ4n) is 11.6. The molecule has 2 aromatic carbocycles. The highest BCUT2D eigenvalue weighted by Crippen LogP contribution is 2.39. The minimum atomic E-state index is -0.795. The van der Waals surface area contributed by atoms with Crippen LogP contribution >= 0.6 is 0 Å². The number of imidazole rings is 2. The monoisotopic (exact) mass is 987 g/mol. The lowest BCUT2D eigenvalue weighted by molar-refractivity contribution is -0.136. The second kappa shape index (κ2) is 23.5. The zero-order chi connectivity index (χ0) is 51.1. The van der Waals surface area contributed by atoms with E-state index in [0.29, 0.717) is 73.6 Å². The molecule has 4 fully saturated rings. The number of aromatic nitrogens is 4. The summed E-state index contributed by atoms with van der Waals surface area (Å²) in [6.45, 7) is 8.50. The molecule has 8 rings (SSSR count). The van der Waals surface area contributed by atoms with E-state index >= 15 is 0 Å². The molecular weight excluding hydrogens is 913 g/mol. The van der Waals surface area contributed by atoms with Crippen LogP contribution in [-0.2, 0) is 19.1 Å². The molecule has 2 N–H and O–H groups in total. The van der Waals surface area contributed by atoms with Crippen LogP contribution in [0.2, 0.25) is 0 Å². The van der Waals surface area contributed by atoms with E-state index in [4.69, 9.17) is 19.4 Å². The average Bonchev–Trinajstić information content (AvgIpc) is 4.26. The Morgan fingerprint density at radius 3 is 1.21 bits per heavy atom. The van der Waals surface area contributed by atoms with Gasteiger partial charge >= 0.3 is 12.2 Å². The first-order valence-corrected chi connectivity index (χ1v) is 26.5. The maximum atomic E-state index is 14.4. The maximum Gasteiger partial charge on any atom is 0.407 e. The molecule has 16 nitrogen and oxygen atoms in total. The quantitative estimate of drug-likeness (QED) is 0.103. The number of hydrogen-bond donors (Lipinski definition) is 2. The molecule has 4 atom stereocenters. The fourth-order valence-corrected chi connectivity index (χ4v) is 11.6. The number of rotatable bonds is 17. The summed E-state index contributed by atoms with van der Waals surface area (Å²) in [6, 6.07) is 13.6. The minimum absolute atomic E-state index is 0.0431. The van der Waals surface area contributed by atoms with E-state index in [0.717, 1.165) is 73.6 Å². The standard InChI is InChI=1S/C56H74N8O8/c1-35(2)49(59-55(69)71-5)53(67)61-31-11-17-43(61)51-57-33-45(63(51)47(65)29-19-37-13-7-8-14-37)41-25-21-39(22-26-41)40-23-27-42(28-24-40)46-34-58-52(64(46)48(66)30-20-38-15-9-10-16-38)44-18-12-32-62(44)54(68)50(36(3)4)60-56(70)72-6/h21-28,33-38,43-44,49-50H,7-20,29-32H2,1-6H3,(H,59,69)(H,60,70)/t43-,44-,49+,50+/m1/s1. The molecule has 0 radical (unpaired) electrons. The lowest BCUT2D eigenvalue weighted by atomic mass is 10.00. The van der Waals surface area contributed by atoms with E-state index < -0.39 is 36.4 Å². The van der Waals surface area contributed by atoms with Crippen molar-refractivity contribution in [2.24, 2.45) is 23.7 Å². The van der Waals surface area contributed by atoms with Crippen molar-refractivity contribution in [3.63, 3.8) is 0 Å². The minimum Gasteiger partial charge on any atom is -0.453 e. The van der Waals surface area contributed by atoms with E-state index in [1.807, 2.05) is 76.2 Å². The molecule has 4 amide bonds. The van der Waals surface area contributed by atoms with E-state index in [9.17, 15) is 28.8 Å². The Morgan fingerprint density at radius 1 is 0.528 bits per heavy atom. The highest BCUT2D eigenvalue weighted by Gasteiger charge is 2.41. The van der Waals surface area contributed by atoms with Crippen LogP contribution in [0.25, 0.3) is 33.6 Å². The number of hydrogen-bond acceptors (Lipinski definition) is 10. The number of likely N-dealkylation sites (tertiary alicyclic amines) is 2. The van der Waals surface area contributed by atoms with Gasteiger partial charge in [0.15, 0.2) is 0 Å². The SMILES string of the molecule is COC(=O)N[C@H](C(=O)N1CCC[C@@H]1c1ncc(-c2ccc(-c3ccc(-c4cnc([C@H]5CCCN5C(=O)[C@@H](NC(=O)OC)C(C)C)n4C(=O)CCC4CCCC4)cc3)cc2)n1C(=O)CCC1CCCC1)C(C)C. The molecule has 72 heavy (non-hydrogen) atoms. The molecular formula is C56H74N8O8. The zero-order valence-corrected chi connectivity index (χ0v) is 43.1. The third-order valence-corrected chi connectivity index (χ3v) is 15.7. The first kappa shape index (κ1) is 52.0. The van der Waals surface area contributed by atoms with Gasteiger partial charge in [-0.25, -0.2) is 19.6 Å². The van der Waals surface area contributed by atoms with Crippen molar-refractivity contribution in [2.45, 2.75) is 155 Å². The van der Waals surface area contributed by atoms with Crippen molar-refractivity contribution in [2.75, 3.05) is 27.3 Å². The molecule has 386 valence electrons. The van der Waals surface area contributed by atoms with Gasteiger partial charge in [-0.05, 0) is 73.3 Å². The Kier molecular flexibility index (Phi) is 17.0. The summed E-state index contributed by atoms with van der Waals surface area (Å²) in [6.07, 6.45) is 16.6. The van der Waals surface area contributed by atoms with E-state index in [-0.39, 0.29) is 35.5 Å². The molecule has 2 aliphatic carbocycles. The lowest BCUT2D eigenvalue weighted by Gasteiger charge is -2.30. The smallest absolute Gasteiger partial charge is 0.407 e. The number of nitrogens with one attached hydrogen (secondary N) is 2. The number of carbonyl (C=O) groups excluding carboxylic acids is 6. The average molecular weight is 987 g/mol. The largest absolute Gasteiger partial charge is 0.453 e. The highest BCUT2D eigenvalue weighted by atomic mass is 16.5. The Balaban J connectivity index is 1.06. The van der Waals surface area contributed by atoms with E-state index in [1.165, 1.54) is 39.9 Å². The van der Waals surface area contributed by atoms with Gasteiger partial charge in [-0.15, -0.1) is 0 Å². The normalized spacial score (nSPS) is 19.3. The van der Waals surface area contributed by atoms with Gasteiger partial charge in [0.2, 0.25) is 23.6 Å². The van der Waals surface area contributed by atoms with E-state index in [1.54, 1.807) is 31.3 Å². The van der Waals surface area contributed by atoms with Gasteiger partial charge in [-0.2, -0.15) is 0 Å². The molecule has 2 saturated carbocycles.